The maximum Gasteiger partial charge on any atom is 0.308 e. The Morgan fingerprint density at radius 1 is 1.42 bits per heavy atom. The van der Waals surface area contributed by atoms with E-state index in [-0.39, 0.29) is 17.6 Å². The molecule has 1 aliphatic carbocycles. The van der Waals surface area contributed by atoms with Crippen LogP contribution in [-0.4, -0.2) is 22.5 Å². The van der Waals surface area contributed by atoms with Crippen molar-refractivity contribution in [1.29, 1.82) is 0 Å². The van der Waals surface area contributed by atoms with Gasteiger partial charge in [0.2, 0.25) is 5.91 Å². The summed E-state index contributed by atoms with van der Waals surface area (Å²) in [6.45, 7) is 3.78. The molecular formula is C19H26FNO3. The van der Waals surface area contributed by atoms with Crippen LogP contribution in [0.4, 0.5) is 4.39 Å². The number of rotatable bonds is 6. The summed E-state index contributed by atoms with van der Waals surface area (Å²) in [5.74, 6) is -1.72. The Bertz CT molecular complexity index is 604. The van der Waals surface area contributed by atoms with Crippen LogP contribution in [0.2, 0.25) is 0 Å². The molecule has 3 unspecified atom stereocenters. The predicted octanol–water partition coefficient (Wildman–Crippen LogP) is 3.54. The Morgan fingerprint density at radius 2 is 2.17 bits per heavy atom. The van der Waals surface area contributed by atoms with Crippen LogP contribution in [0.5, 0.6) is 0 Å². The number of carboxylic acid groups (broad SMARTS) is 1. The van der Waals surface area contributed by atoms with Crippen molar-refractivity contribution in [2.24, 2.45) is 11.8 Å². The molecule has 1 aliphatic rings. The number of aliphatic carboxylic acids is 1. The zero-order chi connectivity index (χ0) is 17.7. The molecule has 2 N–H and O–H groups in total. The summed E-state index contributed by atoms with van der Waals surface area (Å²) in [6, 6.07) is 6.40. The first-order chi connectivity index (χ1) is 11.3. The molecule has 0 spiro atoms. The van der Waals surface area contributed by atoms with Crippen LogP contribution in [-0.2, 0) is 16.0 Å². The van der Waals surface area contributed by atoms with E-state index in [1.165, 1.54) is 12.1 Å². The number of benzene rings is 1. The van der Waals surface area contributed by atoms with Crippen LogP contribution < -0.4 is 5.32 Å². The number of amides is 1. The first-order valence-electron chi connectivity index (χ1n) is 8.58. The Morgan fingerprint density at radius 3 is 2.83 bits per heavy atom. The molecule has 132 valence electrons. The van der Waals surface area contributed by atoms with Gasteiger partial charge in [-0.2, -0.15) is 0 Å². The molecule has 5 heteroatoms. The van der Waals surface area contributed by atoms with Gasteiger partial charge in [-0.1, -0.05) is 31.9 Å². The number of nitrogens with one attached hydrogen (secondary N) is 1. The summed E-state index contributed by atoms with van der Waals surface area (Å²) in [6.07, 6.45) is 4.03. The van der Waals surface area contributed by atoms with Crippen LogP contribution in [0, 0.1) is 17.7 Å². The summed E-state index contributed by atoms with van der Waals surface area (Å²) in [5.41, 5.74) is 0.183. The Labute approximate surface area is 142 Å². The van der Waals surface area contributed by atoms with Gasteiger partial charge in [-0.15, -0.1) is 0 Å². The third-order valence-electron chi connectivity index (χ3n) is 4.94. The average molecular weight is 335 g/mol. The molecule has 2 rings (SSSR count). The molecule has 1 aromatic carbocycles. The zero-order valence-electron chi connectivity index (χ0n) is 14.3. The van der Waals surface area contributed by atoms with E-state index < -0.39 is 17.4 Å². The quantitative estimate of drug-likeness (QED) is 0.835. The van der Waals surface area contributed by atoms with Gasteiger partial charge in [-0.25, -0.2) is 4.39 Å². The van der Waals surface area contributed by atoms with E-state index in [1.807, 2.05) is 19.9 Å². The summed E-state index contributed by atoms with van der Waals surface area (Å²) in [4.78, 5) is 23.8. The van der Waals surface area contributed by atoms with E-state index in [1.54, 1.807) is 6.07 Å². The molecule has 24 heavy (non-hydrogen) atoms. The highest BCUT2D eigenvalue weighted by molar-refractivity contribution is 5.79. The summed E-state index contributed by atoms with van der Waals surface area (Å²) >= 11 is 0. The SMILES string of the molecule is CC(CC(=O)NC1(C)CCCCC1C(=O)O)Cc1cccc(F)c1. The van der Waals surface area contributed by atoms with Crippen LogP contribution in [0.15, 0.2) is 24.3 Å². The van der Waals surface area contributed by atoms with E-state index in [9.17, 15) is 19.1 Å². The normalized spacial score (nSPS) is 25.0. The second-order valence-electron chi connectivity index (χ2n) is 7.25. The van der Waals surface area contributed by atoms with E-state index >= 15 is 0 Å². The lowest BCUT2D eigenvalue weighted by molar-refractivity contribution is -0.146. The van der Waals surface area contributed by atoms with Gasteiger partial charge in [-0.05, 0) is 49.8 Å². The fourth-order valence-electron chi connectivity index (χ4n) is 3.70. The number of halogens is 1. The van der Waals surface area contributed by atoms with Crippen molar-refractivity contribution < 1.29 is 19.1 Å². The minimum atomic E-state index is -0.842. The Kier molecular flexibility index (Phi) is 5.97. The largest absolute Gasteiger partial charge is 0.481 e. The van der Waals surface area contributed by atoms with E-state index in [2.05, 4.69) is 5.32 Å². The first kappa shape index (κ1) is 18.4. The van der Waals surface area contributed by atoms with E-state index in [0.29, 0.717) is 25.7 Å². The van der Waals surface area contributed by atoms with Gasteiger partial charge < -0.3 is 10.4 Å². The Balaban J connectivity index is 1.92. The molecule has 1 aromatic rings. The standard InChI is InChI=1S/C19H26FNO3/c1-13(10-14-6-5-7-15(20)12-14)11-17(22)21-19(2)9-4-3-8-16(19)18(23)24/h5-7,12-13,16H,3-4,8-11H2,1-2H3,(H,21,22)(H,23,24). The molecule has 3 atom stereocenters. The topological polar surface area (TPSA) is 66.4 Å². The minimum Gasteiger partial charge on any atom is -0.481 e. The van der Waals surface area contributed by atoms with Gasteiger partial charge in [0.05, 0.1) is 11.5 Å². The summed E-state index contributed by atoms with van der Waals surface area (Å²) in [7, 11) is 0. The third kappa shape index (κ3) is 4.79. The number of hydrogen-bond acceptors (Lipinski definition) is 2. The van der Waals surface area contributed by atoms with Crippen LogP contribution in [0.3, 0.4) is 0 Å². The monoisotopic (exact) mass is 335 g/mol. The van der Waals surface area contributed by atoms with Crippen molar-refractivity contribution in [2.45, 2.75) is 57.9 Å². The number of hydrogen-bond donors (Lipinski definition) is 2. The lowest BCUT2D eigenvalue weighted by atomic mass is 9.73. The van der Waals surface area contributed by atoms with E-state index in [0.717, 1.165) is 18.4 Å². The molecule has 4 nitrogen and oxygen atoms in total. The molecule has 1 amide bonds. The van der Waals surface area contributed by atoms with Crippen molar-refractivity contribution in [3.05, 3.63) is 35.6 Å². The van der Waals surface area contributed by atoms with Crippen LogP contribution in [0.1, 0.15) is 51.5 Å². The van der Waals surface area contributed by atoms with Gasteiger partial charge in [0.15, 0.2) is 0 Å². The van der Waals surface area contributed by atoms with Crippen molar-refractivity contribution in [2.75, 3.05) is 0 Å². The lowest BCUT2D eigenvalue weighted by Crippen LogP contribution is -2.55. The second kappa shape index (κ2) is 7.77. The lowest BCUT2D eigenvalue weighted by Gasteiger charge is -2.40. The van der Waals surface area contributed by atoms with Gasteiger partial charge in [0.1, 0.15) is 5.82 Å². The molecule has 0 radical (unpaired) electrons. The van der Waals surface area contributed by atoms with Crippen molar-refractivity contribution in [3.63, 3.8) is 0 Å². The van der Waals surface area contributed by atoms with Gasteiger partial charge in [0, 0.05) is 6.42 Å². The molecule has 0 saturated heterocycles. The van der Waals surface area contributed by atoms with E-state index in [4.69, 9.17) is 0 Å². The van der Waals surface area contributed by atoms with Crippen molar-refractivity contribution in [3.8, 4) is 0 Å². The first-order valence-corrected chi connectivity index (χ1v) is 8.58. The maximum absolute atomic E-state index is 13.2. The van der Waals surface area contributed by atoms with Crippen LogP contribution >= 0.6 is 0 Å². The summed E-state index contributed by atoms with van der Waals surface area (Å²) < 4.78 is 13.2. The number of carbonyl (C=O) groups is 2. The highest BCUT2D eigenvalue weighted by Gasteiger charge is 2.42. The second-order valence-corrected chi connectivity index (χ2v) is 7.25. The molecular weight excluding hydrogens is 309 g/mol. The van der Waals surface area contributed by atoms with Gasteiger partial charge in [0.25, 0.3) is 0 Å². The molecule has 0 bridgehead atoms. The van der Waals surface area contributed by atoms with Crippen molar-refractivity contribution >= 4 is 11.9 Å². The average Bonchev–Trinajstić information content (AvgIpc) is 2.46. The maximum atomic E-state index is 13.2. The number of carbonyl (C=O) groups excluding carboxylic acids is 1. The Hall–Kier alpha value is -1.91. The molecule has 0 aliphatic heterocycles. The van der Waals surface area contributed by atoms with Crippen molar-refractivity contribution in [1.82, 2.24) is 5.32 Å². The predicted molar refractivity (Wildman–Crippen MR) is 90.0 cm³/mol. The summed E-state index contributed by atoms with van der Waals surface area (Å²) in [5, 5.41) is 12.4. The fraction of sp³-hybridized carbons (Fsp3) is 0.579. The fourth-order valence-corrected chi connectivity index (χ4v) is 3.70. The third-order valence-corrected chi connectivity index (χ3v) is 4.94. The molecule has 1 fully saturated rings. The number of carboxylic acids is 1. The molecule has 1 saturated carbocycles. The van der Waals surface area contributed by atoms with Gasteiger partial charge in [-0.3, -0.25) is 9.59 Å². The molecule has 0 heterocycles. The zero-order valence-corrected chi connectivity index (χ0v) is 14.3. The van der Waals surface area contributed by atoms with Gasteiger partial charge >= 0.3 is 5.97 Å². The minimum absolute atomic E-state index is 0.0577. The molecule has 0 aromatic heterocycles. The van der Waals surface area contributed by atoms with Crippen LogP contribution in [0.25, 0.3) is 0 Å². The highest BCUT2D eigenvalue weighted by atomic mass is 19.1. The smallest absolute Gasteiger partial charge is 0.308 e. The highest BCUT2D eigenvalue weighted by Crippen LogP contribution is 2.34.